The Morgan fingerprint density at radius 2 is 0.688 bits per heavy atom. The van der Waals surface area contributed by atoms with Gasteiger partial charge in [-0.05, 0) is 194 Å². The van der Waals surface area contributed by atoms with Crippen molar-refractivity contribution in [3.05, 3.63) is 331 Å². The summed E-state index contributed by atoms with van der Waals surface area (Å²) in [5, 5.41) is 11.3. The van der Waals surface area contributed by atoms with Gasteiger partial charge in [0.1, 0.15) is 10.8 Å². The van der Waals surface area contributed by atoms with Gasteiger partial charge in [0.25, 0.3) is 0 Å². The quantitative estimate of drug-likeness (QED) is 0.149. The number of imidazole rings is 1. The Morgan fingerprint density at radius 1 is 0.292 bits per heavy atom. The fourth-order valence-electron chi connectivity index (χ4n) is 16.2. The standard InChI is InChI=1S/C49H36N2.C43H31NS/c1-31-21-27-40-41(29-31)47(34-26-28-37-36-15-9-10-18-42(36)49(2,3)43(37)30-34)39-17-8-7-16-38(39)46(40)32-22-24-33(25-23-32)48-50-44-19-11-12-20-45(44)51(48)35-13-5-4-6-14-35;1-26-16-22-34-35(24-26)41(29-21-23-31-30-10-6-7-13-36(30)43(2,3)37(31)25-29)33-12-5-4-11-32(33)40(34)27-17-19-28(20-18-27)42-44-38-14-8-9-15-39(38)45-42/h4-30H,1-3H3;4-25H,1-3H3. The van der Waals surface area contributed by atoms with E-state index in [0.29, 0.717) is 0 Å². The van der Waals surface area contributed by atoms with Crippen LogP contribution in [0.2, 0.25) is 0 Å². The number of aryl methyl sites for hydroxylation is 2. The number of hydrogen-bond acceptors (Lipinski definition) is 3. The molecule has 0 amide bonds. The van der Waals surface area contributed by atoms with Gasteiger partial charge in [0.15, 0.2) is 0 Å². The molecule has 2 aromatic heterocycles. The zero-order valence-electron chi connectivity index (χ0n) is 54.5. The van der Waals surface area contributed by atoms with Gasteiger partial charge in [-0.3, -0.25) is 4.57 Å². The lowest BCUT2D eigenvalue weighted by Crippen LogP contribution is -2.14. The molecule has 96 heavy (non-hydrogen) atoms. The van der Waals surface area contributed by atoms with Gasteiger partial charge in [-0.2, -0.15) is 0 Å². The van der Waals surface area contributed by atoms with Crippen molar-refractivity contribution < 1.29 is 0 Å². The number of aromatic nitrogens is 3. The van der Waals surface area contributed by atoms with E-state index >= 15 is 0 Å². The van der Waals surface area contributed by atoms with Gasteiger partial charge < -0.3 is 0 Å². The van der Waals surface area contributed by atoms with Crippen LogP contribution in [0.15, 0.2) is 297 Å². The van der Waals surface area contributed by atoms with Gasteiger partial charge in [-0.25, -0.2) is 9.97 Å². The number of thiazole rings is 1. The Balaban J connectivity index is 0.000000141. The molecule has 0 spiro atoms. The lowest BCUT2D eigenvalue weighted by atomic mass is 9.80. The Kier molecular flexibility index (Phi) is 13.2. The van der Waals surface area contributed by atoms with E-state index in [1.54, 1.807) is 11.3 Å². The van der Waals surface area contributed by atoms with Crippen LogP contribution in [0.25, 0.3) is 159 Å². The average molecular weight is 1250 g/mol. The maximum Gasteiger partial charge on any atom is 0.145 e. The van der Waals surface area contributed by atoms with Gasteiger partial charge in [0, 0.05) is 27.6 Å². The Labute approximate surface area is 564 Å². The molecule has 2 heterocycles. The van der Waals surface area contributed by atoms with Crippen molar-refractivity contribution in [2.75, 3.05) is 0 Å². The zero-order valence-corrected chi connectivity index (χ0v) is 55.4. The number of fused-ring (bicyclic) bond motifs is 12. The molecule has 19 rings (SSSR count). The molecule has 0 N–H and O–H groups in total. The molecule has 0 bridgehead atoms. The highest BCUT2D eigenvalue weighted by molar-refractivity contribution is 7.21. The van der Waals surface area contributed by atoms with Crippen molar-refractivity contribution in [2.24, 2.45) is 0 Å². The first kappa shape index (κ1) is 57.4. The highest BCUT2D eigenvalue weighted by atomic mass is 32.1. The molecular formula is C92H67N3S. The predicted molar refractivity (Wildman–Crippen MR) is 408 cm³/mol. The van der Waals surface area contributed by atoms with E-state index in [9.17, 15) is 0 Å². The molecule has 2 aliphatic carbocycles. The normalized spacial score (nSPS) is 13.3. The third-order valence-corrected chi connectivity index (χ3v) is 21.9. The van der Waals surface area contributed by atoms with Crippen molar-refractivity contribution in [1.29, 1.82) is 0 Å². The zero-order chi connectivity index (χ0) is 64.6. The monoisotopic (exact) mass is 1250 g/mol. The molecule has 17 aromatic rings. The molecular weight excluding hydrogens is 1180 g/mol. The lowest BCUT2D eigenvalue weighted by Gasteiger charge is -2.23. The fraction of sp³-hybridized carbons (Fsp3) is 0.0870. The maximum atomic E-state index is 5.13. The van der Waals surface area contributed by atoms with Crippen LogP contribution >= 0.6 is 11.3 Å². The predicted octanol–water partition coefficient (Wildman–Crippen LogP) is 25.2. The molecule has 0 radical (unpaired) electrons. The minimum atomic E-state index is -0.0633. The van der Waals surface area contributed by atoms with Crippen LogP contribution in [-0.4, -0.2) is 14.5 Å². The first-order valence-electron chi connectivity index (χ1n) is 33.4. The number of benzene rings is 15. The van der Waals surface area contributed by atoms with Crippen molar-refractivity contribution >= 4 is 75.7 Å². The SMILES string of the molecule is Cc1ccc2c(-c3ccc(-c4nc5ccccc5n4-c4ccccc4)cc3)c3ccccc3c(-c3ccc4c(c3)C(C)(C)c3ccccc3-4)c2c1.Cc1ccc2c(-c3ccc(-c4nc5ccccc5s4)cc3)c3ccccc3c(-c3ccc4c(c3)C(C)(C)c3ccccc3-4)c2c1. The molecule has 456 valence electrons. The molecule has 0 aliphatic heterocycles. The van der Waals surface area contributed by atoms with Crippen LogP contribution in [-0.2, 0) is 10.8 Å². The second kappa shape index (κ2) is 22.2. The van der Waals surface area contributed by atoms with Crippen LogP contribution in [0, 0.1) is 13.8 Å². The second-order valence-electron chi connectivity index (χ2n) is 27.3. The van der Waals surface area contributed by atoms with Gasteiger partial charge in [0.2, 0.25) is 0 Å². The molecule has 0 saturated heterocycles. The number of rotatable bonds is 7. The van der Waals surface area contributed by atoms with Gasteiger partial charge >= 0.3 is 0 Å². The minimum Gasteiger partial charge on any atom is -0.292 e. The van der Waals surface area contributed by atoms with E-state index in [1.165, 1.54) is 148 Å². The molecule has 4 heteroatoms. The lowest BCUT2D eigenvalue weighted by molar-refractivity contribution is 0.660. The van der Waals surface area contributed by atoms with E-state index in [-0.39, 0.29) is 10.8 Å². The van der Waals surface area contributed by atoms with Gasteiger partial charge in [0.05, 0.1) is 21.3 Å². The highest BCUT2D eigenvalue weighted by Gasteiger charge is 2.37. The van der Waals surface area contributed by atoms with Crippen LogP contribution in [0.3, 0.4) is 0 Å². The van der Waals surface area contributed by atoms with E-state index in [0.717, 1.165) is 44.2 Å². The third kappa shape index (κ3) is 9.07. The summed E-state index contributed by atoms with van der Waals surface area (Å²) in [5.74, 6) is 0.941. The van der Waals surface area contributed by atoms with E-state index < -0.39 is 0 Å². The first-order valence-corrected chi connectivity index (χ1v) is 34.3. The van der Waals surface area contributed by atoms with Crippen LogP contribution in [0.5, 0.6) is 0 Å². The van der Waals surface area contributed by atoms with Crippen molar-refractivity contribution in [1.82, 2.24) is 14.5 Å². The van der Waals surface area contributed by atoms with Gasteiger partial charge in [-0.1, -0.05) is 288 Å². The summed E-state index contributed by atoms with van der Waals surface area (Å²) in [7, 11) is 0. The number of para-hydroxylation sites is 4. The summed E-state index contributed by atoms with van der Waals surface area (Å²) >= 11 is 1.75. The molecule has 2 aliphatic rings. The Bertz CT molecular complexity index is 5990. The van der Waals surface area contributed by atoms with Crippen molar-refractivity contribution in [3.8, 4) is 94.4 Å². The van der Waals surface area contributed by atoms with E-state index in [4.69, 9.17) is 9.97 Å². The number of nitrogens with zero attached hydrogens (tertiary/aromatic N) is 3. The van der Waals surface area contributed by atoms with Crippen LogP contribution in [0.4, 0.5) is 0 Å². The summed E-state index contributed by atoms with van der Waals surface area (Å²) in [4.78, 5) is 10.0. The van der Waals surface area contributed by atoms with E-state index in [1.807, 2.05) is 0 Å². The smallest absolute Gasteiger partial charge is 0.145 e. The molecule has 0 unspecified atom stereocenters. The summed E-state index contributed by atoms with van der Waals surface area (Å²) in [6.07, 6.45) is 0. The largest absolute Gasteiger partial charge is 0.292 e. The summed E-state index contributed by atoms with van der Waals surface area (Å²) in [6.45, 7) is 13.9. The van der Waals surface area contributed by atoms with Crippen LogP contribution in [0.1, 0.15) is 61.1 Å². The van der Waals surface area contributed by atoms with Gasteiger partial charge in [-0.15, -0.1) is 11.3 Å². The highest BCUT2D eigenvalue weighted by Crippen LogP contribution is 2.54. The summed E-state index contributed by atoms with van der Waals surface area (Å²) in [5.41, 5.74) is 30.1. The van der Waals surface area contributed by atoms with Crippen molar-refractivity contribution in [3.63, 3.8) is 0 Å². The van der Waals surface area contributed by atoms with Crippen LogP contribution < -0.4 is 0 Å². The Morgan fingerprint density at radius 3 is 1.21 bits per heavy atom. The second-order valence-corrected chi connectivity index (χ2v) is 28.3. The maximum absolute atomic E-state index is 5.13. The third-order valence-electron chi connectivity index (χ3n) is 20.8. The first-order chi connectivity index (χ1) is 46.9. The molecule has 15 aromatic carbocycles. The molecule has 0 fully saturated rings. The average Bonchev–Trinajstić information content (AvgIpc) is 1.10. The Hall–Kier alpha value is -11.3. The summed E-state index contributed by atoms with van der Waals surface area (Å²) < 4.78 is 3.49. The molecule has 0 saturated carbocycles. The molecule has 0 atom stereocenters. The summed E-state index contributed by atoms with van der Waals surface area (Å²) in [6, 6.07) is 109. The minimum absolute atomic E-state index is 0.0472. The molecule has 3 nitrogen and oxygen atoms in total. The topological polar surface area (TPSA) is 30.7 Å². The number of hydrogen-bond donors (Lipinski definition) is 0. The van der Waals surface area contributed by atoms with E-state index in [2.05, 4.69) is 343 Å². The van der Waals surface area contributed by atoms with Crippen molar-refractivity contribution in [2.45, 2.75) is 52.4 Å². The fourth-order valence-corrected chi connectivity index (χ4v) is 17.1.